The van der Waals surface area contributed by atoms with Crippen molar-refractivity contribution in [3.63, 3.8) is 0 Å². The number of carbonyl (C=O) groups is 2. The van der Waals surface area contributed by atoms with Gasteiger partial charge in [-0.25, -0.2) is 4.98 Å². The molecule has 0 saturated carbocycles. The van der Waals surface area contributed by atoms with E-state index in [1.165, 1.54) is 18.2 Å². The van der Waals surface area contributed by atoms with Crippen molar-refractivity contribution in [1.82, 2.24) is 15.3 Å². The van der Waals surface area contributed by atoms with Gasteiger partial charge in [0.2, 0.25) is 0 Å². The molecule has 0 bridgehead atoms. The predicted octanol–water partition coefficient (Wildman–Crippen LogP) is 3.61. The van der Waals surface area contributed by atoms with Crippen LogP contribution in [0.15, 0.2) is 36.9 Å². The number of phenolic OH excluding ortho intramolecular Hbond substituents is 1. The summed E-state index contributed by atoms with van der Waals surface area (Å²) < 4.78 is 0. The van der Waals surface area contributed by atoms with E-state index in [9.17, 15) is 14.7 Å². The molecule has 1 aromatic heterocycles. The molecule has 1 amide bonds. The second-order valence-corrected chi connectivity index (χ2v) is 6.03. The maximum absolute atomic E-state index is 11.8. The fourth-order valence-electron chi connectivity index (χ4n) is 2.13. The van der Waals surface area contributed by atoms with E-state index in [-0.39, 0.29) is 23.6 Å². The minimum Gasteiger partial charge on any atom is -0.507 e. The standard InChI is InChI=1S/C15H20ClNO4.C3H4N2/c16-11-7-8-13(18)12(10-11)15(21)17-9-5-3-1-2-4-6-14(19)20;1-2-5-3-4-1/h7-8,10,18H,1-6,9H2,(H,17,21)(H,19,20);1-3H,(H,4,5). The third kappa shape index (κ3) is 9.68. The predicted molar refractivity (Wildman–Crippen MR) is 99.4 cm³/mol. The average Bonchev–Trinajstić information content (AvgIpc) is 3.19. The van der Waals surface area contributed by atoms with E-state index in [0.717, 1.165) is 25.7 Å². The number of halogens is 1. The highest BCUT2D eigenvalue weighted by Gasteiger charge is 2.10. The van der Waals surface area contributed by atoms with E-state index in [4.69, 9.17) is 16.7 Å². The zero-order valence-electron chi connectivity index (χ0n) is 14.4. The van der Waals surface area contributed by atoms with Gasteiger partial charge in [-0.1, -0.05) is 30.9 Å². The van der Waals surface area contributed by atoms with Crippen LogP contribution >= 0.6 is 11.6 Å². The molecule has 8 heteroatoms. The number of benzene rings is 1. The molecule has 4 N–H and O–H groups in total. The fourth-order valence-corrected chi connectivity index (χ4v) is 2.31. The minimum absolute atomic E-state index is 0.0921. The highest BCUT2D eigenvalue weighted by Crippen LogP contribution is 2.21. The molecule has 2 rings (SSSR count). The van der Waals surface area contributed by atoms with Crippen LogP contribution in [0.25, 0.3) is 0 Å². The van der Waals surface area contributed by atoms with Crippen LogP contribution in [0.5, 0.6) is 5.75 Å². The van der Waals surface area contributed by atoms with Crippen LogP contribution in [0.1, 0.15) is 48.9 Å². The first-order chi connectivity index (χ1) is 12.5. The van der Waals surface area contributed by atoms with Crippen LogP contribution in [0.2, 0.25) is 5.02 Å². The number of rotatable bonds is 9. The summed E-state index contributed by atoms with van der Waals surface area (Å²) in [6, 6.07) is 4.34. The second kappa shape index (κ2) is 12.8. The normalized spacial score (nSPS) is 9.88. The Morgan fingerprint density at radius 2 is 1.88 bits per heavy atom. The molecule has 7 nitrogen and oxygen atoms in total. The molecule has 2 aromatic rings. The first-order valence-electron chi connectivity index (χ1n) is 8.42. The summed E-state index contributed by atoms with van der Waals surface area (Å²) in [6.07, 6.45) is 9.57. The minimum atomic E-state index is -0.761. The Kier molecular flexibility index (Phi) is 10.6. The molecule has 1 aromatic carbocycles. The summed E-state index contributed by atoms with van der Waals surface area (Å²) in [4.78, 5) is 28.6. The molecule has 1 heterocycles. The van der Waals surface area contributed by atoms with Crippen LogP contribution < -0.4 is 5.32 Å². The van der Waals surface area contributed by atoms with Crippen molar-refractivity contribution in [2.24, 2.45) is 0 Å². The SMILES string of the molecule is O=C(O)CCCCCCCNC(=O)c1cc(Cl)ccc1O.c1c[nH]cn1. The van der Waals surface area contributed by atoms with E-state index in [0.29, 0.717) is 18.0 Å². The number of imidazole rings is 1. The van der Waals surface area contributed by atoms with Gasteiger partial charge >= 0.3 is 5.97 Å². The molecular weight excluding hydrogens is 358 g/mol. The molecular formula is C18H24ClN3O4. The zero-order chi connectivity index (χ0) is 19.2. The molecule has 26 heavy (non-hydrogen) atoms. The van der Waals surface area contributed by atoms with Crippen LogP contribution in [-0.4, -0.2) is 38.6 Å². The molecule has 0 unspecified atom stereocenters. The number of amides is 1. The van der Waals surface area contributed by atoms with Crippen LogP contribution in [-0.2, 0) is 4.79 Å². The molecule has 0 spiro atoms. The van der Waals surface area contributed by atoms with Gasteiger partial charge in [0, 0.05) is 30.4 Å². The maximum atomic E-state index is 11.8. The van der Waals surface area contributed by atoms with E-state index in [1.54, 1.807) is 18.7 Å². The number of carbonyl (C=O) groups excluding carboxylic acids is 1. The lowest BCUT2D eigenvalue weighted by Gasteiger charge is -2.07. The lowest BCUT2D eigenvalue weighted by molar-refractivity contribution is -0.137. The van der Waals surface area contributed by atoms with Crippen LogP contribution in [0, 0.1) is 0 Å². The highest BCUT2D eigenvalue weighted by atomic mass is 35.5. The summed E-state index contributed by atoms with van der Waals surface area (Å²) in [6.45, 7) is 0.518. The van der Waals surface area contributed by atoms with E-state index >= 15 is 0 Å². The van der Waals surface area contributed by atoms with Crippen molar-refractivity contribution in [3.05, 3.63) is 47.5 Å². The number of hydrogen-bond acceptors (Lipinski definition) is 4. The summed E-state index contributed by atoms with van der Waals surface area (Å²) >= 11 is 5.78. The van der Waals surface area contributed by atoms with Gasteiger partial charge in [-0.2, -0.15) is 0 Å². The van der Waals surface area contributed by atoms with E-state index in [1.807, 2.05) is 0 Å². The van der Waals surface area contributed by atoms with Crippen molar-refractivity contribution in [2.75, 3.05) is 6.54 Å². The van der Waals surface area contributed by atoms with Gasteiger partial charge < -0.3 is 20.5 Å². The van der Waals surface area contributed by atoms with Gasteiger partial charge in [0.1, 0.15) is 5.75 Å². The van der Waals surface area contributed by atoms with Crippen molar-refractivity contribution in [3.8, 4) is 5.75 Å². The zero-order valence-corrected chi connectivity index (χ0v) is 15.2. The number of aromatic amines is 1. The van der Waals surface area contributed by atoms with Crippen molar-refractivity contribution >= 4 is 23.5 Å². The topological polar surface area (TPSA) is 115 Å². The number of phenols is 1. The number of aromatic nitrogens is 2. The number of hydrogen-bond donors (Lipinski definition) is 4. The number of H-pyrrole nitrogens is 1. The Labute approximate surface area is 157 Å². The number of carboxylic acid groups (broad SMARTS) is 1. The number of carboxylic acids is 1. The third-order valence-corrected chi connectivity index (χ3v) is 3.70. The summed E-state index contributed by atoms with van der Waals surface area (Å²) in [5, 5.41) is 21.2. The molecule has 0 fully saturated rings. The van der Waals surface area contributed by atoms with Crippen molar-refractivity contribution < 1.29 is 19.8 Å². The number of nitrogens with zero attached hydrogens (tertiary/aromatic N) is 1. The fraction of sp³-hybridized carbons (Fsp3) is 0.389. The summed E-state index contributed by atoms with van der Waals surface area (Å²) in [5.41, 5.74) is 0.170. The van der Waals surface area contributed by atoms with Crippen molar-refractivity contribution in [1.29, 1.82) is 0 Å². The summed E-state index contributed by atoms with van der Waals surface area (Å²) in [7, 11) is 0. The largest absolute Gasteiger partial charge is 0.507 e. The number of nitrogens with one attached hydrogen (secondary N) is 2. The monoisotopic (exact) mass is 381 g/mol. The van der Waals surface area contributed by atoms with E-state index < -0.39 is 5.97 Å². The lowest BCUT2D eigenvalue weighted by atomic mass is 10.1. The second-order valence-electron chi connectivity index (χ2n) is 5.59. The molecule has 0 saturated heterocycles. The number of aromatic hydroxyl groups is 1. The van der Waals surface area contributed by atoms with Gasteiger partial charge in [0.25, 0.3) is 5.91 Å². The van der Waals surface area contributed by atoms with Gasteiger partial charge in [-0.15, -0.1) is 0 Å². The molecule has 0 atom stereocenters. The quantitative estimate of drug-likeness (QED) is 0.495. The summed E-state index contributed by atoms with van der Waals surface area (Å²) in [5.74, 6) is -1.20. The maximum Gasteiger partial charge on any atom is 0.303 e. The molecule has 0 radical (unpaired) electrons. The Balaban J connectivity index is 0.000000577. The average molecular weight is 382 g/mol. The number of aliphatic carboxylic acids is 1. The first kappa shape index (κ1) is 21.5. The molecule has 142 valence electrons. The molecule has 0 aliphatic heterocycles. The van der Waals surface area contributed by atoms with Crippen LogP contribution in [0.4, 0.5) is 0 Å². The number of unbranched alkanes of at least 4 members (excludes halogenated alkanes) is 4. The highest BCUT2D eigenvalue weighted by molar-refractivity contribution is 6.31. The third-order valence-electron chi connectivity index (χ3n) is 3.46. The Bertz CT molecular complexity index is 645. The lowest BCUT2D eigenvalue weighted by Crippen LogP contribution is -2.24. The Hall–Kier alpha value is -2.54. The van der Waals surface area contributed by atoms with Gasteiger partial charge in [-0.3, -0.25) is 9.59 Å². The van der Waals surface area contributed by atoms with Gasteiger partial charge in [-0.05, 0) is 31.0 Å². The first-order valence-corrected chi connectivity index (χ1v) is 8.79. The van der Waals surface area contributed by atoms with Crippen molar-refractivity contribution in [2.45, 2.75) is 38.5 Å². The molecule has 0 aliphatic rings. The Morgan fingerprint density at radius 3 is 2.50 bits per heavy atom. The smallest absolute Gasteiger partial charge is 0.303 e. The molecule has 0 aliphatic carbocycles. The van der Waals surface area contributed by atoms with Gasteiger partial charge in [0.05, 0.1) is 11.9 Å². The van der Waals surface area contributed by atoms with Crippen LogP contribution in [0.3, 0.4) is 0 Å². The Morgan fingerprint density at radius 1 is 1.15 bits per heavy atom. The van der Waals surface area contributed by atoms with E-state index in [2.05, 4.69) is 15.3 Å². The van der Waals surface area contributed by atoms with Gasteiger partial charge in [0.15, 0.2) is 0 Å².